The van der Waals surface area contributed by atoms with Crippen LogP contribution < -0.4 is 15.2 Å². The Morgan fingerprint density at radius 2 is 1.79 bits per heavy atom. The predicted molar refractivity (Wildman–Crippen MR) is 126 cm³/mol. The van der Waals surface area contributed by atoms with Crippen LogP contribution in [0.2, 0.25) is 0 Å². The molecule has 2 aromatic rings. The maximum absolute atomic E-state index is 10.3. The zero-order valence-corrected chi connectivity index (χ0v) is 19.2. The second-order valence-electron chi connectivity index (χ2n) is 8.46. The van der Waals surface area contributed by atoms with Gasteiger partial charge in [0.1, 0.15) is 17.6 Å². The number of fused-ring (bicyclic) bond motifs is 1. The third-order valence-corrected chi connectivity index (χ3v) is 6.76. The normalized spacial score (nSPS) is 21.3. The van der Waals surface area contributed by atoms with E-state index in [4.69, 9.17) is 15.2 Å². The fourth-order valence-electron chi connectivity index (χ4n) is 5.14. The molecule has 0 radical (unpaired) electrons. The lowest BCUT2D eigenvalue weighted by Gasteiger charge is -2.45. The Balaban J connectivity index is 1.91. The molecule has 1 heterocycles. The average Bonchev–Trinajstić information content (AvgIpc) is 2.88. The van der Waals surface area contributed by atoms with Crippen molar-refractivity contribution in [3.63, 3.8) is 0 Å². The van der Waals surface area contributed by atoms with Gasteiger partial charge in [0, 0.05) is 37.0 Å². The maximum atomic E-state index is 10.3. The molecule has 0 bridgehead atoms. The van der Waals surface area contributed by atoms with Crippen molar-refractivity contribution in [3.05, 3.63) is 82.6 Å². The number of methoxy groups -OCH3 is 2. The van der Waals surface area contributed by atoms with Gasteiger partial charge < -0.3 is 15.2 Å². The second-order valence-corrected chi connectivity index (χ2v) is 8.46. The van der Waals surface area contributed by atoms with Crippen molar-refractivity contribution < 1.29 is 9.47 Å². The van der Waals surface area contributed by atoms with Gasteiger partial charge in [0.25, 0.3) is 0 Å². The predicted octanol–water partition coefficient (Wildman–Crippen LogP) is 3.63. The van der Waals surface area contributed by atoms with E-state index in [0.717, 1.165) is 11.1 Å². The number of allylic oxidation sites excluding steroid dienone is 2. The lowest BCUT2D eigenvalue weighted by atomic mass is 9.58. The van der Waals surface area contributed by atoms with Crippen molar-refractivity contribution in [2.45, 2.75) is 12.5 Å². The maximum Gasteiger partial charge on any atom is 0.191 e. The monoisotopic (exact) mass is 451 g/mol. The molecule has 1 aliphatic carbocycles. The first-order chi connectivity index (χ1) is 16.5. The van der Waals surface area contributed by atoms with Gasteiger partial charge in [-0.1, -0.05) is 36.4 Å². The molecule has 34 heavy (non-hydrogen) atoms. The highest BCUT2D eigenvalue weighted by Crippen LogP contribution is 2.56. The van der Waals surface area contributed by atoms with Crippen LogP contribution in [0.1, 0.15) is 17.0 Å². The molecule has 2 aliphatic rings. The van der Waals surface area contributed by atoms with Gasteiger partial charge in [0.15, 0.2) is 5.41 Å². The Labute approximate surface area is 199 Å². The van der Waals surface area contributed by atoms with Crippen LogP contribution in [-0.2, 0) is 6.54 Å². The highest BCUT2D eigenvalue weighted by molar-refractivity contribution is 5.61. The summed E-state index contributed by atoms with van der Waals surface area (Å²) in [5.74, 6) is 0.138. The van der Waals surface area contributed by atoms with E-state index in [1.165, 1.54) is 0 Å². The first kappa shape index (κ1) is 22.9. The van der Waals surface area contributed by atoms with E-state index in [9.17, 15) is 15.8 Å². The molecule has 2 atom stereocenters. The van der Waals surface area contributed by atoms with Crippen LogP contribution in [0, 0.1) is 45.3 Å². The molecule has 2 aromatic carbocycles. The van der Waals surface area contributed by atoms with E-state index >= 15 is 0 Å². The second kappa shape index (κ2) is 9.32. The summed E-state index contributed by atoms with van der Waals surface area (Å²) >= 11 is 0. The van der Waals surface area contributed by atoms with Crippen LogP contribution in [0.25, 0.3) is 0 Å². The lowest BCUT2D eigenvalue weighted by molar-refractivity contribution is 0.199. The molecule has 0 saturated carbocycles. The number of hydrogen-bond acceptors (Lipinski definition) is 7. The van der Waals surface area contributed by atoms with E-state index in [1.807, 2.05) is 24.3 Å². The van der Waals surface area contributed by atoms with Crippen LogP contribution in [0.4, 0.5) is 0 Å². The van der Waals surface area contributed by atoms with Crippen molar-refractivity contribution in [2.24, 2.45) is 17.1 Å². The van der Waals surface area contributed by atoms with Crippen LogP contribution >= 0.6 is 0 Å². The molecule has 170 valence electrons. The number of nitrogens with two attached hydrogens (primary N) is 1. The van der Waals surface area contributed by atoms with Crippen molar-refractivity contribution in [1.29, 1.82) is 15.8 Å². The molecule has 0 unspecified atom stereocenters. The molecule has 0 fully saturated rings. The fourth-order valence-corrected chi connectivity index (χ4v) is 5.14. The molecule has 2 N–H and O–H groups in total. The van der Waals surface area contributed by atoms with Crippen molar-refractivity contribution in [2.75, 3.05) is 27.3 Å². The molecule has 0 aromatic heterocycles. The molecule has 4 rings (SSSR count). The Kier molecular flexibility index (Phi) is 6.28. The van der Waals surface area contributed by atoms with Gasteiger partial charge in [-0.3, -0.25) is 4.90 Å². The Bertz CT molecular complexity index is 1260. The molecule has 0 saturated heterocycles. The zero-order valence-electron chi connectivity index (χ0n) is 19.2. The van der Waals surface area contributed by atoms with Crippen molar-refractivity contribution in [1.82, 2.24) is 4.90 Å². The topological polar surface area (TPSA) is 119 Å². The Hall–Kier alpha value is -4.25. The van der Waals surface area contributed by atoms with E-state index in [1.54, 1.807) is 32.4 Å². The Morgan fingerprint density at radius 3 is 2.41 bits per heavy atom. The number of hydrogen-bond donors (Lipinski definition) is 1. The number of rotatable bonds is 5. The molecule has 7 heteroatoms. The fraction of sp³-hybridized carbons (Fsp3) is 0.296. The van der Waals surface area contributed by atoms with Gasteiger partial charge in [-0.2, -0.15) is 15.8 Å². The summed E-state index contributed by atoms with van der Waals surface area (Å²) in [4.78, 5) is 2.25. The molecular weight excluding hydrogens is 426 g/mol. The first-order valence-corrected chi connectivity index (χ1v) is 10.9. The molecule has 7 nitrogen and oxygen atoms in total. The summed E-state index contributed by atoms with van der Waals surface area (Å²) in [5.41, 5.74) is 7.51. The number of nitrogens with zero attached hydrogens (tertiary/aromatic N) is 4. The van der Waals surface area contributed by atoms with Gasteiger partial charge in [0.05, 0.1) is 37.6 Å². The van der Waals surface area contributed by atoms with Crippen LogP contribution in [-0.4, -0.2) is 32.2 Å². The van der Waals surface area contributed by atoms with E-state index in [0.29, 0.717) is 36.7 Å². The molecule has 0 spiro atoms. The van der Waals surface area contributed by atoms with Crippen LogP contribution in [0.3, 0.4) is 0 Å². The summed E-state index contributed by atoms with van der Waals surface area (Å²) in [7, 11) is 3.11. The lowest BCUT2D eigenvalue weighted by Crippen LogP contribution is -2.48. The largest absolute Gasteiger partial charge is 0.497 e. The van der Waals surface area contributed by atoms with Gasteiger partial charge in [-0.05, 0) is 29.3 Å². The number of nitriles is 3. The molecular formula is C27H25N5O2. The third-order valence-electron chi connectivity index (χ3n) is 6.76. The quantitative estimate of drug-likeness (QED) is 0.737. The molecule has 0 amide bonds. The summed E-state index contributed by atoms with van der Waals surface area (Å²) in [5, 5.41) is 30.6. The number of ether oxygens (including phenoxy) is 2. The van der Waals surface area contributed by atoms with Crippen LogP contribution in [0.15, 0.2) is 71.5 Å². The zero-order chi connectivity index (χ0) is 24.3. The van der Waals surface area contributed by atoms with Gasteiger partial charge in [-0.15, -0.1) is 0 Å². The summed E-state index contributed by atoms with van der Waals surface area (Å²) in [6.45, 7) is 1.89. The third kappa shape index (κ3) is 3.65. The number of benzene rings is 2. The molecule has 1 aliphatic heterocycles. The summed E-state index contributed by atoms with van der Waals surface area (Å²) in [6.07, 6.45) is 2.00. The van der Waals surface area contributed by atoms with Crippen molar-refractivity contribution >= 4 is 0 Å². The average molecular weight is 452 g/mol. The Morgan fingerprint density at radius 1 is 1.06 bits per heavy atom. The van der Waals surface area contributed by atoms with Crippen LogP contribution in [0.5, 0.6) is 11.5 Å². The van der Waals surface area contributed by atoms with Gasteiger partial charge in [0.2, 0.25) is 0 Å². The first-order valence-electron chi connectivity index (χ1n) is 10.9. The highest BCUT2D eigenvalue weighted by Gasteiger charge is 2.55. The minimum atomic E-state index is -1.73. The van der Waals surface area contributed by atoms with E-state index in [-0.39, 0.29) is 17.2 Å². The minimum absolute atomic E-state index is 0.00566. The minimum Gasteiger partial charge on any atom is -0.497 e. The van der Waals surface area contributed by atoms with Crippen molar-refractivity contribution in [3.8, 4) is 29.7 Å². The summed E-state index contributed by atoms with van der Waals surface area (Å²) < 4.78 is 11.1. The van der Waals surface area contributed by atoms with Gasteiger partial charge >= 0.3 is 0 Å². The smallest absolute Gasteiger partial charge is 0.191 e. The SMILES string of the molecule is COc1ccc(OC)c([C@H]2[C@H]3CN(Cc4ccccc4)CC=C3C(C#N)=C(N)C2(C#N)C#N)c1. The van der Waals surface area contributed by atoms with Gasteiger partial charge in [-0.25, -0.2) is 0 Å². The standard InChI is InChI=1S/C27H25N5O2/c1-33-19-8-9-24(34-2)21(12-19)25-23-15-32(14-18-6-4-3-5-7-18)11-10-20(23)22(13-28)26(31)27(25,16-29)17-30/h3-10,12,23,25H,11,14-15,31H2,1-2H3/t23-,25-/m0/s1. The van der Waals surface area contributed by atoms with E-state index < -0.39 is 11.3 Å². The highest BCUT2D eigenvalue weighted by atomic mass is 16.5. The summed E-state index contributed by atoms with van der Waals surface area (Å²) in [6, 6.07) is 22.0. The van der Waals surface area contributed by atoms with E-state index in [2.05, 4.69) is 35.2 Å².